The largest absolute Gasteiger partial charge is 0.409 e. The SMILES string of the molecule is CS(=O)CCNCC(/C(N)=N/O)c1ccccc1. The van der Waals surface area contributed by atoms with Crippen molar-refractivity contribution in [2.24, 2.45) is 10.9 Å². The number of amidine groups is 1. The molecule has 0 aliphatic rings. The molecule has 0 aliphatic heterocycles. The average Bonchev–Trinajstić information content (AvgIpc) is 2.38. The number of oxime groups is 1. The highest BCUT2D eigenvalue weighted by Gasteiger charge is 2.15. The number of hydrogen-bond acceptors (Lipinski definition) is 4. The summed E-state index contributed by atoms with van der Waals surface area (Å²) < 4.78 is 10.9. The highest BCUT2D eigenvalue weighted by molar-refractivity contribution is 7.84. The molecule has 0 bridgehead atoms. The van der Waals surface area contributed by atoms with Crippen LogP contribution in [0.3, 0.4) is 0 Å². The van der Waals surface area contributed by atoms with Crippen LogP contribution in [0.5, 0.6) is 0 Å². The van der Waals surface area contributed by atoms with E-state index >= 15 is 0 Å². The first kappa shape index (κ1) is 14.7. The smallest absolute Gasteiger partial charge is 0.147 e. The van der Waals surface area contributed by atoms with Gasteiger partial charge < -0.3 is 16.3 Å². The van der Waals surface area contributed by atoms with Gasteiger partial charge in [-0.25, -0.2) is 0 Å². The van der Waals surface area contributed by atoms with Crippen LogP contribution in [0.2, 0.25) is 0 Å². The molecule has 1 rings (SSSR count). The third-order valence-corrected chi connectivity index (χ3v) is 3.37. The Morgan fingerprint density at radius 2 is 2.17 bits per heavy atom. The molecule has 0 saturated carbocycles. The lowest BCUT2D eigenvalue weighted by atomic mass is 9.98. The molecule has 6 heteroatoms. The van der Waals surface area contributed by atoms with Gasteiger partial charge in [-0.05, 0) is 5.56 Å². The fourth-order valence-corrected chi connectivity index (χ4v) is 2.04. The minimum Gasteiger partial charge on any atom is -0.409 e. The summed E-state index contributed by atoms with van der Waals surface area (Å²) in [4.78, 5) is 0. The van der Waals surface area contributed by atoms with Crippen molar-refractivity contribution in [1.29, 1.82) is 0 Å². The maximum atomic E-state index is 10.9. The Hall–Kier alpha value is -1.40. The Bertz CT molecular complexity index is 409. The predicted molar refractivity (Wildman–Crippen MR) is 74.4 cm³/mol. The van der Waals surface area contributed by atoms with E-state index in [-0.39, 0.29) is 11.8 Å². The summed E-state index contributed by atoms with van der Waals surface area (Å²) in [6, 6.07) is 9.60. The molecule has 0 fully saturated rings. The molecule has 0 heterocycles. The Morgan fingerprint density at radius 3 is 2.72 bits per heavy atom. The molecule has 4 N–H and O–H groups in total. The lowest BCUT2D eigenvalue weighted by molar-refractivity contribution is 0.315. The molecule has 0 spiro atoms. The van der Waals surface area contributed by atoms with Crippen molar-refractivity contribution in [2.45, 2.75) is 5.92 Å². The molecule has 100 valence electrons. The summed E-state index contributed by atoms with van der Waals surface area (Å²) in [7, 11) is -0.811. The van der Waals surface area contributed by atoms with Gasteiger partial charge in [0.05, 0.1) is 5.92 Å². The van der Waals surface area contributed by atoms with E-state index in [1.807, 2.05) is 30.3 Å². The first-order valence-electron chi connectivity index (χ1n) is 5.68. The second-order valence-corrected chi connectivity index (χ2v) is 5.52. The van der Waals surface area contributed by atoms with Gasteiger partial charge in [-0.15, -0.1) is 0 Å². The van der Waals surface area contributed by atoms with Crippen molar-refractivity contribution in [3.8, 4) is 0 Å². The number of nitrogens with two attached hydrogens (primary N) is 1. The first-order valence-corrected chi connectivity index (χ1v) is 7.41. The molecule has 18 heavy (non-hydrogen) atoms. The highest BCUT2D eigenvalue weighted by Crippen LogP contribution is 2.14. The highest BCUT2D eigenvalue weighted by atomic mass is 32.2. The van der Waals surface area contributed by atoms with Crippen molar-refractivity contribution in [3.05, 3.63) is 35.9 Å². The van der Waals surface area contributed by atoms with E-state index in [4.69, 9.17) is 10.9 Å². The maximum absolute atomic E-state index is 10.9. The average molecular weight is 269 g/mol. The maximum Gasteiger partial charge on any atom is 0.147 e. The lowest BCUT2D eigenvalue weighted by Crippen LogP contribution is -2.33. The molecular weight excluding hydrogens is 250 g/mol. The fourth-order valence-electron chi connectivity index (χ4n) is 1.61. The van der Waals surface area contributed by atoms with Crippen molar-refractivity contribution in [3.63, 3.8) is 0 Å². The van der Waals surface area contributed by atoms with Gasteiger partial charge >= 0.3 is 0 Å². The standard InChI is InChI=1S/C12H19N3O2S/c1-18(17)8-7-14-9-11(12(13)15-16)10-5-3-2-4-6-10/h2-6,11,14,16H,7-9H2,1H3,(H2,13,15). The number of benzene rings is 1. The quantitative estimate of drug-likeness (QED) is 0.221. The lowest BCUT2D eigenvalue weighted by Gasteiger charge is -2.16. The van der Waals surface area contributed by atoms with E-state index in [9.17, 15) is 4.21 Å². The summed E-state index contributed by atoms with van der Waals surface area (Å²) in [5, 5.41) is 15.0. The molecule has 2 atom stereocenters. The zero-order chi connectivity index (χ0) is 13.4. The molecule has 1 aromatic carbocycles. The fraction of sp³-hybridized carbons (Fsp3) is 0.417. The van der Waals surface area contributed by atoms with Crippen molar-refractivity contribution < 1.29 is 9.42 Å². The van der Waals surface area contributed by atoms with Gasteiger partial charge in [-0.1, -0.05) is 35.5 Å². The monoisotopic (exact) mass is 269 g/mol. The Kier molecular flexibility index (Phi) is 6.38. The Balaban J connectivity index is 2.61. The van der Waals surface area contributed by atoms with E-state index in [1.165, 1.54) is 0 Å². The summed E-state index contributed by atoms with van der Waals surface area (Å²) in [6.45, 7) is 1.20. The minimum absolute atomic E-state index is 0.173. The summed E-state index contributed by atoms with van der Waals surface area (Å²) >= 11 is 0. The van der Waals surface area contributed by atoms with Gasteiger partial charge in [-0.3, -0.25) is 4.21 Å². The van der Waals surface area contributed by atoms with Crippen LogP contribution in [0, 0.1) is 0 Å². The van der Waals surface area contributed by atoms with Gasteiger partial charge in [0, 0.05) is 35.9 Å². The Labute approximate surface area is 110 Å². The van der Waals surface area contributed by atoms with E-state index in [0.29, 0.717) is 18.8 Å². The zero-order valence-corrected chi connectivity index (χ0v) is 11.2. The van der Waals surface area contributed by atoms with Crippen molar-refractivity contribution in [1.82, 2.24) is 5.32 Å². The van der Waals surface area contributed by atoms with Gasteiger partial charge in [0.1, 0.15) is 5.84 Å². The van der Waals surface area contributed by atoms with E-state index in [1.54, 1.807) is 6.26 Å². The molecule has 0 radical (unpaired) electrons. The van der Waals surface area contributed by atoms with Crippen LogP contribution in [-0.2, 0) is 10.8 Å². The molecule has 0 saturated heterocycles. The summed E-state index contributed by atoms with van der Waals surface area (Å²) in [6.07, 6.45) is 1.67. The summed E-state index contributed by atoms with van der Waals surface area (Å²) in [5.74, 6) is 0.588. The van der Waals surface area contributed by atoms with Crippen LogP contribution in [0.4, 0.5) is 0 Å². The van der Waals surface area contributed by atoms with Crippen LogP contribution in [0.1, 0.15) is 11.5 Å². The van der Waals surface area contributed by atoms with E-state index < -0.39 is 10.8 Å². The van der Waals surface area contributed by atoms with Crippen molar-refractivity contribution in [2.75, 3.05) is 25.1 Å². The van der Waals surface area contributed by atoms with E-state index in [0.717, 1.165) is 5.56 Å². The van der Waals surface area contributed by atoms with Crippen LogP contribution in [0.15, 0.2) is 35.5 Å². The second kappa shape index (κ2) is 7.84. The van der Waals surface area contributed by atoms with Gasteiger partial charge in [-0.2, -0.15) is 0 Å². The Morgan fingerprint density at radius 1 is 1.50 bits per heavy atom. The van der Waals surface area contributed by atoms with Gasteiger partial charge in [0.2, 0.25) is 0 Å². The van der Waals surface area contributed by atoms with Gasteiger partial charge in [0.25, 0.3) is 0 Å². The van der Waals surface area contributed by atoms with E-state index in [2.05, 4.69) is 10.5 Å². The zero-order valence-electron chi connectivity index (χ0n) is 10.4. The normalized spacial score (nSPS) is 15.3. The molecule has 2 unspecified atom stereocenters. The van der Waals surface area contributed by atoms with Crippen LogP contribution >= 0.6 is 0 Å². The van der Waals surface area contributed by atoms with Crippen molar-refractivity contribution >= 4 is 16.6 Å². The molecule has 1 aromatic rings. The number of hydrogen-bond donors (Lipinski definition) is 3. The van der Waals surface area contributed by atoms with Crippen LogP contribution < -0.4 is 11.1 Å². The molecular formula is C12H19N3O2S. The topological polar surface area (TPSA) is 87.7 Å². The number of rotatable bonds is 7. The third kappa shape index (κ3) is 4.85. The number of nitrogens with zero attached hydrogens (tertiary/aromatic N) is 1. The third-order valence-electron chi connectivity index (χ3n) is 2.59. The second-order valence-electron chi connectivity index (χ2n) is 3.97. The molecule has 0 aliphatic carbocycles. The predicted octanol–water partition coefficient (Wildman–Crippen LogP) is 0.485. The van der Waals surface area contributed by atoms with Crippen LogP contribution in [0.25, 0.3) is 0 Å². The molecule has 0 amide bonds. The summed E-state index contributed by atoms with van der Waals surface area (Å²) in [5.41, 5.74) is 6.68. The molecule has 5 nitrogen and oxygen atoms in total. The first-order chi connectivity index (χ1) is 8.65. The number of nitrogens with one attached hydrogen (secondary N) is 1. The minimum atomic E-state index is -0.811. The van der Waals surface area contributed by atoms with Crippen LogP contribution in [-0.4, -0.2) is 40.3 Å². The van der Waals surface area contributed by atoms with Gasteiger partial charge in [0.15, 0.2) is 0 Å². The molecule has 0 aromatic heterocycles.